The van der Waals surface area contributed by atoms with Crippen LogP contribution in [0, 0.1) is 17.8 Å². The Labute approximate surface area is 362 Å². The second-order valence-corrected chi connectivity index (χ2v) is 20.3. The van der Waals surface area contributed by atoms with Crippen LogP contribution in [0.4, 0.5) is 0 Å². The van der Waals surface area contributed by atoms with Gasteiger partial charge in [-0.25, -0.2) is 0 Å². The molecule has 0 saturated heterocycles. The highest BCUT2D eigenvalue weighted by Gasteiger charge is 2.36. The maximum atomic E-state index is 14.9. The van der Waals surface area contributed by atoms with Crippen molar-refractivity contribution in [2.24, 2.45) is 17.8 Å². The van der Waals surface area contributed by atoms with Gasteiger partial charge in [0, 0.05) is 47.1 Å². The fourth-order valence-electron chi connectivity index (χ4n) is 9.07. The predicted molar refractivity (Wildman–Crippen MR) is 250 cm³/mol. The third-order valence-corrected chi connectivity index (χ3v) is 15.0. The molecule has 1 saturated carbocycles. The summed E-state index contributed by atoms with van der Waals surface area (Å²) in [6.45, 7) is 13.3. The summed E-state index contributed by atoms with van der Waals surface area (Å²) in [4.78, 5) is 33.6. The molecule has 5 aromatic carbocycles. The van der Waals surface area contributed by atoms with E-state index in [0.717, 1.165) is 62.3 Å². The largest absolute Gasteiger partial charge is 0.289 e. The van der Waals surface area contributed by atoms with Crippen molar-refractivity contribution in [2.75, 3.05) is 0 Å². The number of hydrogen-bond donors (Lipinski definition) is 1. The SMILES string of the molecule is CCCC1CCC(c2ccc(-c3ccc(Sc4c(CC(C)C)ccc5c4C(=O)c4ccc(CC(C)C)c(Sc6ccc(C(S)CCC)cc6)c4C5=O)cc3)cc2)CC1. The van der Waals surface area contributed by atoms with Gasteiger partial charge in [-0.05, 0) is 138 Å². The Morgan fingerprint density at radius 2 is 1.05 bits per heavy atom. The zero-order valence-corrected chi connectivity index (χ0v) is 37.8. The van der Waals surface area contributed by atoms with Crippen LogP contribution >= 0.6 is 36.2 Å². The molecule has 5 heteroatoms. The average molecular weight is 825 g/mol. The molecule has 0 radical (unpaired) electrons. The number of fused-ring (bicyclic) bond motifs is 2. The van der Waals surface area contributed by atoms with Gasteiger partial charge in [-0.15, -0.1) is 0 Å². The normalized spacial score (nSPS) is 17.1. The molecule has 0 heterocycles. The number of hydrogen-bond acceptors (Lipinski definition) is 5. The minimum absolute atomic E-state index is 0.0564. The van der Waals surface area contributed by atoms with Gasteiger partial charge in [-0.3, -0.25) is 9.59 Å². The van der Waals surface area contributed by atoms with Crippen LogP contribution in [0.3, 0.4) is 0 Å². The highest BCUT2D eigenvalue weighted by atomic mass is 32.2. The molecular weight excluding hydrogens is 765 g/mol. The molecule has 1 unspecified atom stereocenters. The summed E-state index contributed by atoms with van der Waals surface area (Å²) in [5.74, 6) is 2.27. The first-order valence-corrected chi connectivity index (χ1v) is 23.9. The van der Waals surface area contributed by atoms with Gasteiger partial charge in [0.1, 0.15) is 0 Å². The number of carbonyl (C=O) groups excluding carboxylic acids is 2. The lowest BCUT2D eigenvalue weighted by Crippen LogP contribution is -2.24. The Kier molecular flexibility index (Phi) is 14.1. The van der Waals surface area contributed by atoms with Crippen LogP contribution in [0.25, 0.3) is 11.1 Å². The van der Waals surface area contributed by atoms with E-state index in [9.17, 15) is 9.59 Å². The van der Waals surface area contributed by atoms with Crippen molar-refractivity contribution in [1.82, 2.24) is 0 Å². The molecular formula is C53H60O2S3. The van der Waals surface area contributed by atoms with Gasteiger partial charge in [0.15, 0.2) is 11.6 Å². The van der Waals surface area contributed by atoms with Crippen LogP contribution in [0.5, 0.6) is 0 Å². The standard InChI is InChI=1S/C53H60O2S3/c1-7-9-35-11-13-36(14-12-35)37-15-17-38(18-16-37)39-19-25-43(26-20-39)57-52-41(31-33(3)4)23-29-45-48(52)50(54)46-30-24-42(32-34(5)6)53(49(46)51(45)55)58-44-27-21-40(22-28-44)47(56)10-8-2/h15-30,33-36,47,56H,7-14,31-32H2,1-6H3. The quantitative estimate of drug-likeness (QED) is 0.105. The highest BCUT2D eigenvalue weighted by Crippen LogP contribution is 2.45. The molecule has 0 bridgehead atoms. The van der Waals surface area contributed by atoms with Crippen LogP contribution in [0.1, 0.15) is 158 Å². The van der Waals surface area contributed by atoms with Crippen LogP contribution in [0.15, 0.2) is 117 Å². The van der Waals surface area contributed by atoms with E-state index in [1.54, 1.807) is 23.5 Å². The monoisotopic (exact) mass is 824 g/mol. The van der Waals surface area contributed by atoms with Gasteiger partial charge in [0.25, 0.3) is 0 Å². The van der Waals surface area contributed by atoms with E-state index in [1.165, 1.54) is 60.8 Å². The summed E-state index contributed by atoms with van der Waals surface area (Å²) in [7, 11) is 0. The van der Waals surface area contributed by atoms with Gasteiger partial charge in [-0.2, -0.15) is 12.6 Å². The highest BCUT2D eigenvalue weighted by molar-refractivity contribution is 7.99. The second-order valence-electron chi connectivity index (χ2n) is 17.5. The maximum absolute atomic E-state index is 14.9. The van der Waals surface area contributed by atoms with Gasteiger partial charge in [0.2, 0.25) is 0 Å². The van der Waals surface area contributed by atoms with Crippen molar-refractivity contribution in [3.63, 3.8) is 0 Å². The molecule has 0 N–H and O–H groups in total. The summed E-state index contributed by atoms with van der Waals surface area (Å²) in [5, 5.41) is 0.202. The molecule has 2 nitrogen and oxygen atoms in total. The Balaban J connectivity index is 1.18. The van der Waals surface area contributed by atoms with E-state index in [4.69, 9.17) is 12.6 Å². The minimum atomic E-state index is -0.0570. The van der Waals surface area contributed by atoms with Crippen molar-refractivity contribution in [2.45, 2.75) is 137 Å². The molecule has 0 amide bonds. The van der Waals surface area contributed by atoms with Crippen molar-refractivity contribution in [3.05, 3.63) is 142 Å². The van der Waals surface area contributed by atoms with E-state index in [-0.39, 0.29) is 16.8 Å². The number of rotatable bonds is 15. The summed E-state index contributed by atoms with van der Waals surface area (Å²) in [6.07, 6.45) is 11.8. The first-order chi connectivity index (χ1) is 28.0. The summed E-state index contributed by atoms with van der Waals surface area (Å²) in [5.41, 5.74) is 9.44. The number of carbonyl (C=O) groups is 2. The van der Waals surface area contributed by atoms with Gasteiger partial charge in [-0.1, -0.05) is 145 Å². The number of thiol groups is 1. The molecule has 0 spiro atoms. The molecule has 5 aromatic rings. The Hall–Kier alpha value is -3.51. The van der Waals surface area contributed by atoms with Crippen molar-refractivity contribution >= 4 is 47.7 Å². The first-order valence-electron chi connectivity index (χ1n) is 21.8. The first kappa shape index (κ1) is 42.6. The van der Waals surface area contributed by atoms with E-state index in [1.807, 2.05) is 12.1 Å². The molecule has 0 aromatic heterocycles. The zero-order chi connectivity index (χ0) is 40.9. The fraction of sp³-hybridized carbons (Fsp3) is 0.396. The molecule has 2 aliphatic rings. The molecule has 1 fully saturated rings. The topological polar surface area (TPSA) is 34.1 Å². The van der Waals surface area contributed by atoms with Gasteiger partial charge < -0.3 is 0 Å². The molecule has 302 valence electrons. The van der Waals surface area contributed by atoms with E-state index >= 15 is 0 Å². The predicted octanol–water partition coefficient (Wildman–Crippen LogP) is 15.7. The Bertz CT molecular complexity index is 2210. The summed E-state index contributed by atoms with van der Waals surface area (Å²) in [6, 6.07) is 34.6. The molecule has 58 heavy (non-hydrogen) atoms. The lowest BCUT2D eigenvalue weighted by Gasteiger charge is -2.28. The van der Waals surface area contributed by atoms with E-state index < -0.39 is 0 Å². The lowest BCUT2D eigenvalue weighted by molar-refractivity contribution is 0.0974. The van der Waals surface area contributed by atoms with Crippen molar-refractivity contribution in [3.8, 4) is 11.1 Å². The molecule has 0 aliphatic heterocycles. The zero-order valence-electron chi connectivity index (χ0n) is 35.3. The third kappa shape index (κ3) is 9.59. The fourth-order valence-corrected chi connectivity index (χ4v) is 11.7. The third-order valence-electron chi connectivity index (χ3n) is 12.1. The van der Waals surface area contributed by atoms with Crippen LogP contribution in [0.2, 0.25) is 0 Å². The number of ketones is 2. The van der Waals surface area contributed by atoms with Crippen LogP contribution in [-0.4, -0.2) is 11.6 Å². The Morgan fingerprint density at radius 3 is 1.50 bits per heavy atom. The smallest absolute Gasteiger partial charge is 0.195 e. The van der Waals surface area contributed by atoms with E-state index in [0.29, 0.717) is 40.0 Å². The van der Waals surface area contributed by atoms with Crippen LogP contribution in [-0.2, 0) is 12.8 Å². The molecule has 2 aliphatic carbocycles. The van der Waals surface area contributed by atoms with Gasteiger partial charge in [0.05, 0.1) is 0 Å². The van der Waals surface area contributed by atoms with Crippen LogP contribution < -0.4 is 0 Å². The van der Waals surface area contributed by atoms with E-state index in [2.05, 4.69) is 126 Å². The summed E-state index contributed by atoms with van der Waals surface area (Å²) >= 11 is 8.05. The molecule has 7 rings (SSSR count). The van der Waals surface area contributed by atoms with Crippen molar-refractivity contribution < 1.29 is 9.59 Å². The average Bonchev–Trinajstić information content (AvgIpc) is 3.22. The van der Waals surface area contributed by atoms with Gasteiger partial charge >= 0.3 is 0 Å². The second kappa shape index (κ2) is 19.3. The number of benzene rings is 5. The minimum Gasteiger partial charge on any atom is -0.289 e. The van der Waals surface area contributed by atoms with Crippen molar-refractivity contribution in [1.29, 1.82) is 0 Å². The Morgan fingerprint density at radius 1 is 0.586 bits per heavy atom. The lowest BCUT2D eigenvalue weighted by atomic mass is 9.77. The summed E-state index contributed by atoms with van der Waals surface area (Å²) < 4.78 is 0. The molecule has 1 atom stereocenters. The maximum Gasteiger partial charge on any atom is 0.195 e.